The Morgan fingerprint density at radius 3 is 2.52 bits per heavy atom. The van der Waals surface area contributed by atoms with Crippen LogP contribution in [0.15, 0.2) is 0 Å². The molecule has 122 valence electrons. The van der Waals surface area contributed by atoms with E-state index < -0.39 is 5.97 Å². The molecule has 0 saturated carbocycles. The summed E-state index contributed by atoms with van der Waals surface area (Å²) in [5, 5.41) is 11.9. The third-order valence-electron chi connectivity index (χ3n) is 3.85. The van der Waals surface area contributed by atoms with Crippen LogP contribution in [-0.4, -0.2) is 72.6 Å². The molecule has 1 rings (SSSR count). The molecule has 1 saturated heterocycles. The molecule has 6 nitrogen and oxygen atoms in total. The highest BCUT2D eigenvalue weighted by molar-refractivity contribution is 5.77. The molecule has 1 aliphatic rings. The predicted molar refractivity (Wildman–Crippen MR) is 82.2 cm³/mol. The summed E-state index contributed by atoms with van der Waals surface area (Å²) in [7, 11) is 0. The number of carboxylic acid groups (broad SMARTS) is 1. The van der Waals surface area contributed by atoms with Crippen molar-refractivity contribution in [3.8, 4) is 0 Å². The summed E-state index contributed by atoms with van der Waals surface area (Å²) in [5.74, 6) is -0.990. The number of unbranched alkanes of at least 4 members (excludes halogenated alkanes) is 1. The van der Waals surface area contributed by atoms with Gasteiger partial charge in [-0.3, -0.25) is 14.5 Å². The summed E-state index contributed by atoms with van der Waals surface area (Å²) in [4.78, 5) is 27.1. The summed E-state index contributed by atoms with van der Waals surface area (Å²) in [6, 6.07) is 0. The van der Waals surface area contributed by atoms with Gasteiger partial charge >= 0.3 is 5.97 Å². The first-order valence-corrected chi connectivity index (χ1v) is 7.97. The lowest BCUT2D eigenvalue weighted by Crippen LogP contribution is -2.40. The zero-order valence-electron chi connectivity index (χ0n) is 13.3. The van der Waals surface area contributed by atoms with Gasteiger partial charge in [-0.15, -0.1) is 0 Å². The Hall–Kier alpha value is -1.14. The second-order valence-corrected chi connectivity index (χ2v) is 5.87. The van der Waals surface area contributed by atoms with Gasteiger partial charge < -0.3 is 15.3 Å². The van der Waals surface area contributed by atoms with Gasteiger partial charge in [0.25, 0.3) is 0 Å². The molecule has 0 bridgehead atoms. The number of rotatable bonds is 8. The molecule has 21 heavy (non-hydrogen) atoms. The SMILES string of the molecule is CCCCNC(=O)CN1CCCN(CC(C)C(=O)O)CC1. The number of carbonyl (C=O) groups excluding carboxylic acids is 1. The summed E-state index contributed by atoms with van der Waals surface area (Å²) >= 11 is 0. The van der Waals surface area contributed by atoms with E-state index >= 15 is 0 Å². The Balaban J connectivity index is 2.28. The lowest BCUT2D eigenvalue weighted by atomic mass is 10.1. The van der Waals surface area contributed by atoms with Crippen molar-refractivity contribution < 1.29 is 14.7 Å². The van der Waals surface area contributed by atoms with Gasteiger partial charge in [-0.05, 0) is 25.9 Å². The second kappa shape index (κ2) is 9.73. The van der Waals surface area contributed by atoms with Gasteiger partial charge in [0.15, 0.2) is 0 Å². The Bertz CT molecular complexity index is 336. The molecule has 1 aliphatic heterocycles. The average Bonchev–Trinajstić information content (AvgIpc) is 2.64. The van der Waals surface area contributed by atoms with Crippen LogP contribution in [0.3, 0.4) is 0 Å². The van der Waals surface area contributed by atoms with E-state index in [4.69, 9.17) is 5.11 Å². The lowest BCUT2D eigenvalue weighted by Gasteiger charge is -2.22. The van der Waals surface area contributed by atoms with Crippen LogP contribution in [0.2, 0.25) is 0 Å². The van der Waals surface area contributed by atoms with E-state index in [1.807, 2.05) is 0 Å². The van der Waals surface area contributed by atoms with Gasteiger partial charge in [0.1, 0.15) is 0 Å². The molecule has 6 heteroatoms. The number of aliphatic carboxylic acids is 1. The number of hydrogen-bond donors (Lipinski definition) is 2. The summed E-state index contributed by atoms with van der Waals surface area (Å²) in [6.07, 6.45) is 3.09. The van der Waals surface area contributed by atoms with Crippen LogP contribution in [0.25, 0.3) is 0 Å². The zero-order valence-corrected chi connectivity index (χ0v) is 13.3. The normalized spacial score (nSPS) is 19.0. The van der Waals surface area contributed by atoms with Crippen molar-refractivity contribution in [1.29, 1.82) is 0 Å². The molecule has 0 aromatic carbocycles. The van der Waals surface area contributed by atoms with Crippen molar-refractivity contribution in [3.05, 3.63) is 0 Å². The molecule has 1 atom stereocenters. The highest BCUT2D eigenvalue weighted by atomic mass is 16.4. The molecular formula is C15H29N3O3. The van der Waals surface area contributed by atoms with Crippen molar-refractivity contribution in [1.82, 2.24) is 15.1 Å². The van der Waals surface area contributed by atoms with E-state index in [0.717, 1.165) is 52.0 Å². The average molecular weight is 299 g/mol. The minimum Gasteiger partial charge on any atom is -0.481 e. The summed E-state index contributed by atoms with van der Waals surface area (Å²) in [6.45, 7) is 9.11. The topological polar surface area (TPSA) is 72.9 Å². The van der Waals surface area contributed by atoms with Gasteiger partial charge in [-0.1, -0.05) is 20.3 Å². The third-order valence-corrected chi connectivity index (χ3v) is 3.85. The van der Waals surface area contributed by atoms with Gasteiger partial charge in [-0.2, -0.15) is 0 Å². The van der Waals surface area contributed by atoms with Crippen LogP contribution in [0.1, 0.15) is 33.1 Å². The number of hydrogen-bond acceptors (Lipinski definition) is 4. The van der Waals surface area contributed by atoms with E-state index in [0.29, 0.717) is 13.1 Å². The van der Waals surface area contributed by atoms with Crippen LogP contribution in [0.4, 0.5) is 0 Å². The molecule has 0 aromatic heterocycles. The number of carboxylic acids is 1. The van der Waals surface area contributed by atoms with Gasteiger partial charge in [0.05, 0.1) is 12.5 Å². The maximum atomic E-state index is 11.8. The summed E-state index contributed by atoms with van der Waals surface area (Å²) in [5.41, 5.74) is 0. The fraction of sp³-hybridized carbons (Fsp3) is 0.867. The minimum absolute atomic E-state index is 0.0933. The van der Waals surface area contributed by atoms with Crippen molar-refractivity contribution in [2.75, 3.05) is 45.8 Å². The highest BCUT2D eigenvalue weighted by Gasteiger charge is 2.20. The molecule has 2 N–H and O–H groups in total. The molecule has 0 aliphatic carbocycles. The van der Waals surface area contributed by atoms with E-state index in [-0.39, 0.29) is 11.8 Å². The molecule has 0 radical (unpaired) electrons. The van der Waals surface area contributed by atoms with Crippen LogP contribution < -0.4 is 5.32 Å². The van der Waals surface area contributed by atoms with Crippen molar-refractivity contribution >= 4 is 11.9 Å². The number of nitrogens with one attached hydrogen (secondary N) is 1. The van der Waals surface area contributed by atoms with Crippen LogP contribution in [0, 0.1) is 5.92 Å². The van der Waals surface area contributed by atoms with Crippen molar-refractivity contribution in [2.24, 2.45) is 5.92 Å². The van der Waals surface area contributed by atoms with Gasteiger partial charge in [0, 0.05) is 26.2 Å². The Labute approximate surface area is 127 Å². The fourth-order valence-corrected chi connectivity index (χ4v) is 2.49. The van der Waals surface area contributed by atoms with E-state index in [1.165, 1.54) is 0 Å². The van der Waals surface area contributed by atoms with Crippen LogP contribution in [0.5, 0.6) is 0 Å². The van der Waals surface area contributed by atoms with Crippen LogP contribution in [-0.2, 0) is 9.59 Å². The van der Waals surface area contributed by atoms with E-state index in [9.17, 15) is 9.59 Å². The maximum absolute atomic E-state index is 11.8. The second-order valence-electron chi connectivity index (χ2n) is 5.87. The third kappa shape index (κ3) is 7.43. The number of nitrogens with zero attached hydrogens (tertiary/aromatic N) is 2. The zero-order chi connectivity index (χ0) is 15.7. The standard InChI is InChI=1S/C15H29N3O3/c1-3-4-6-16-14(19)12-18-8-5-7-17(9-10-18)11-13(2)15(20)21/h13H,3-12H2,1-2H3,(H,16,19)(H,20,21). The molecule has 1 amide bonds. The predicted octanol–water partition coefficient (Wildman–Crippen LogP) is 0.631. The maximum Gasteiger partial charge on any atom is 0.307 e. The Morgan fingerprint density at radius 1 is 1.19 bits per heavy atom. The Morgan fingerprint density at radius 2 is 1.86 bits per heavy atom. The first kappa shape index (κ1) is 17.9. The van der Waals surface area contributed by atoms with Crippen LogP contribution >= 0.6 is 0 Å². The molecule has 1 unspecified atom stereocenters. The quantitative estimate of drug-likeness (QED) is 0.643. The first-order valence-electron chi connectivity index (χ1n) is 7.97. The molecule has 1 heterocycles. The number of carbonyl (C=O) groups is 2. The van der Waals surface area contributed by atoms with Crippen molar-refractivity contribution in [3.63, 3.8) is 0 Å². The molecular weight excluding hydrogens is 270 g/mol. The molecule has 0 aromatic rings. The Kier molecular flexibility index (Phi) is 8.30. The van der Waals surface area contributed by atoms with Gasteiger partial charge in [-0.25, -0.2) is 0 Å². The first-order chi connectivity index (χ1) is 10.0. The molecule has 0 spiro atoms. The van der Waals surface area contributed by atoms with E-state index in [2.05, 4.69) is 22.0 Å². The number of amides is 1. The lowest BCUT2D eigenvalue weighted by molar-refractivity contribution is -0.141. The highest BCUT2D eigenvalue weighted by Crippen LogP contribution is 2.06. The fourth-order valence-electron chi connectivity index (χ4n) is 2.49. The monoisotopic (exact) mass is 299 g/mol. The smallest absolute Gasteiger partial charge is 0.307 e. The van der Waals surface area contributed by atoms with Gasteiger partial charge in [0.2, 0.25) is 5.91 Å². The minimum atomic E-state index is -0.744. The van der Waals surface area contributed by atoms with Crippen molar-refractivity contribution in [2.45, 2.75) is 33.1 Å². The summed E-state index contributed by atoms with van der Waals surface area (Å²) < 4.78 is 0. The largest absolute Gasteiger partial charge is 0.481 e. The van der Waals surface area contributed by atoms with E-state index in [1.54, 1.807) is 6.92 Å². The molecule has 1 fully saturated rings.